The second-order valence-electron chi connectivity index (χ2n) is 4.25. The van der Waals surface area contributed by atoms with E-state index < -0.39 is 0 Å². The second kappa shape index (κ2) is 4.33. The Balaban J connectivity index is 2.24. The van der Waals surface area contributed by atoms with Gasteiger partial charge in [-0.25, -0.2) is 0 Å². The van der Waals surface area contributed by atoms with Crippen molar-refractivity contribution in [2.45, 2.75) is 25.9 Å². The summed E-state index contributed by atoms with van der Waals surface area (Å²) in [5.74, 6) is 1.04. The number of nitrogen functional groups attached to an aromatic ring is 1. The summed E-state index contributed by atoms with van der Waals surface area (Å²) >= 11 is 0. The zero-order chi connectivity index (χ0) is 11.7. The van der Waals surface area contributed by atoms with Crippen molar-refractivity contribution in [2.24, 2.45) is 7.05 Å². The van der Waals surface area contributed by atoms with Gasteiger partial charge in [-0.15, -0.1) is 0 Å². The molecule has 0 saturated carbocycles. The molecule has 0 bridgehead atoms. The summed E-state index contributed by atoms with van der Waals surface area (Å²) in [5, 5.41) is 4.43. The van der Waals surface area contributed by atoms with Crippen molar-refractivity contribution in [2.75, 3.05) is 30.8 Å². The summed E-state index contributed by atoms with van der Waals surface area (Å²) in [4.78, 5) is 2.26. The molecule has 1 aliphatic rings. The molecular weight excluding hydrogens is 204 g/mol. The summed E-state index contributed by atoms with van der Waals surface area (Å²) in [7, 11) is 3.71. The average molecular weight is 224 g/mol. The molecule has 90 valence electrons. The fourth-order valence-corrected chi connectivity index (χ4v) is 2.33. The first-order valence-electron chi connectivity index (χ1n) is 5.76. The van der Waals surface area contributed by atoms with Crippen LogP contribution in [0.4, 0.5) is 11.5 Å². The quantitative estimate of drug-likeness (QED) is 0.824. The fourth-order valence-electron chi connectivity index (χ4n) is 2.33. The maximum absolute atomic E-state index is 6.12. The highest BCUT2D eigenvalue weighted by Crippen LogP contribution is 2.29. The number of nitrogens with two attached hydrogens (primary N) is 1. The molecule has 1 unspecified atom stereocenters. The molecule has 1 aromatic rings. The number of nitrogens with zero attached hydrogens (tertiary/aromatic N) is 3. The Labute approximate surface area is 96.2 Å². The molecule has 2 N–H and O–H groups in total. The maximum Gasteiger partial charge on any atom is 0.150 e. The number of rotatable bonds is 3. The van der Waals surface area contributed by atoms with Crippen molar-refractivity contribution in [3.05, 3.63) is 5.69 Å². The van der Waals surface area contributed by atoms with Gasteiger partial charge in [0, 0.05) is 27.2 Å². The molecule has 0 aromatic carbocycles. The normalized spacial score (nSPS) is 20.7. The Hall–Kier alpha value is -1.23. The molecule has 2 heterocycles. The first-order valence-corrected chi connectivity index (χ1v) is 5.76. The molecule has 1 aromatic heterocycles. The van der Waals surface area contributed by atoms with E-state index in [-0.39, 0.29) is 0 Å². The van der Waals surface area contributed by atoms with Gasteiger partial charge in [0.15, 0.2) is 5.82 Å². The van der Waals surface area contributed by atoms with Gasteiger partial charge in [0.05, 0.1) is 17.5 Å². The number of hydrogen-bond donors (Lipinski definition) is 1. The first kappa shape index (κ1) is 11.3. The lowest BCUT2D eigenvalue weighted by Crippen LogP contribution is -2.25. The standard InChI is InChI=1S/C11H20N4O/c1-4-9-10(12)11(14(2)13-9)15-6-5-8(7-15)16-3/h8H,4-7,12H2,1-3H3. The summed E-state index contributed by atoms with van der Waals surface area (Å²) < 4.78 is 7.24. The summed E-state index contributed by atoms with van der Waals surface area (Å²) in [5.41, 5.74) is 7.92. The number of hydrogen-bond acceptors (Lipinski definition) is 4. The van der Waals surface area contributed by atoms with Crippen LogP contribution in [0.5, 0.6) is 0 Å². The molecule has 1 aliphatic heterocycles. The van der Waals surface area contributed by atoms with Crippen molar-refractivity contribution in [3.8, 4) is 0 Å². The third-order valence-electron chi connectivity index (χ3n) is 3.24. The van der Waals surface area contributed by atoms with Crippen LogP contribution in [0.2, 0.25) is 0 Å². The third-order valence-corrected chi connectivity index (χ3v) is 3.24. The molecule has 5 heteroatoms. The SMILES string of the molecule is CCc1nn(C)c(N2CCC(OC)C2)c1N. The van der Waals surface area contributed by atoms with E-state index in [2.05, 4.69) is 16.9 Å². The summed E-state index contributed by atoms with van der Waals surface area (Å²) in [6, 6.07) is 0. The Morgan fingerprint density at radius 2 is 2.31 bits per heavy atom. The van der Waals surface area contributed by atoms with Gasteiger partial charge < -0.3 is 15.4 Å². The van der Waals surface area contributed by atoms with Crippen LogP contribution in [0, 0.1) is 0 Å². The average Bonchev–Trinajstić information content (AvgIpc) is 2.83. The summed E-state index contributed by atoms with van der Waals surface area (Å²) in [6.45, 7) is 3.97. The van der Waals surface area contributed by atoms with Gasteiger partial charge in [0.1, 0.15) is 0 Å². The fraction of sp³-hybridized carbons (Fsp3) is 0.727. The molecule has 5 nitrogen and oxygen atoms in total. The molecule has 0 radical (unpaired) electrons. The van der Waals surface area contributed by atoms with Crippen LogP contribution in [-0.4, -0.2) is 36.1 Å². The number of methoxy groups -OCH3 is 1. The molecule has 0 amide bonds. The zero-order valence-corrected chi connectivity index (χ0v) is 10.2. The molecule has 1 atom stereocenters. The van der Waals surface area contributed by atoms with Crippen LogP contribution in [0.15, 0.2) is 0 Å². The minimum Gasteiger partial charge on any atom is -0.394 e. The van der Waals surface area contributed by atoms with Gasteiger partial charge in [0.2, 0.25) is 0 Å². The van der Waals surface area contributed by atoms with Crippen LogP contribution in [0.3, 0.4) is 0 Å². The van der Waals surface area contributed by atoms with E-state index in [1.54, 1.807) is 7.11 Å². The topological polar surface area (TPSA) is 56.3 Å². The zero-order valence-electron chi connectivity index (χ0n) is 10.2. The van der Waals surface area contributed by atoms with Crippen molar-refractivity contribution in [1.82, 2.24) is 9.78 Å². The maximum atomic E-state index is 6.12. The predicted octanol–water partition coefficient (Wildman–Crippen LogP) is 0.790. The highest BCUT2D eigenvalue weighted by Gasteiger charge is 2.26. The second-order valence-corrected chi connectivity index (χ2v) is 4.25. The predicted molar refractivity (Wildman–Crippen MR) is 64.6 cm³/mol. The number of anilines is 2. The highest BCUT2D eigenvalue weighted by molar-refractivity contribution is 5.66. The van der Waals surface area contributed by atoms with Gasteiger partial charge in [-0.3, -0.25) is 4.68 Å². The first-order chi connectivity index (χ1) is 7.67. The van der Waals surface area contributed by atoms with E-state index >= 15 is 0 Å². The van der Waals surface area contributed by atoms with Crippen LogP contribution in [-0.2, 0) is 18.2 Å². The Bertz CT molecular complexity index is 374. The molecule has 0 aliphatic carbocycles. The molecule has 0 spiro atoms. The van der Waals surface area contributed by atoms with Gasteiger partial charge in [-0.1, -0.05) is 6.92 Å². The van der Waals surface area contributed by atoms with Crippen molar-refractivity contribution >= 4 is 11.5 Å². The van der Waals surface area contributed by atoms with Crippen LogP contribution >= 0.6 is 0 Å². The van der Waals surface area contributed by atoms with Crippen molar-refractivity contribution in [3.63, 3.8) is 0 Å². The Morgan fingerprint density at radius 1 is 1.56 bits per heavy atom. The minimum atomic E-state index is 0.319. The smallest absolute Gasteiger partial charge is 0.150 e. The van der Waals surface area contributed by atoms with Crippen molar-refractivity contribution < 1.29 is 4.74 Å². The summed E-state index contributed by atoms with van der Waals surface area (Å²) in [6.07, 6.45) is 2.25. The Kier molecular flexibility index (Phi) is 3.05. The van der Waals surface area contributed by atoms with Gasteiger partial charge in [-0.05, 0) is 12.8 Å². The lowest BCUT2D eigenvalue weighted by atomic mass is 10.3. The minimum absolute atomic E-state index is 0.319. The number of ether oxygens (including phenoxy) is 1. The van der Waals surface area contributed by atoms with E-state index in [0.717, 1.165) is 43.1 Å². The van der Waals surface area contributed by atoms with Gasteiger partial charge in [0.25, 0.3) is 0 Å². The van der Waals surface area contributed by atoms with Crippen LogP contribution in [0.25, 0.3) is 0 Å². The van der Waals surface area contributed by atoms with E-state index in [9.17, 15) is 0 Å². The van der Waals surface area contributed by atoms with E-state index in [1.165, 1.54) is 0 Å². The number of aryl methyl sites for hydroxylation is 2. The molecule has 2 rings (SSSR count). The largest absolute Gasteiger partial charge is 0.394 e. The van der Waals surface area contributed by atoms with Crippen LogP contribution < -0.4 is 10.6 Å². The van der Waals surface area contributed by atoms with Crippen LogP contribution in [0.1, 0.15) is 19.0 Å². The molecular formula is C11H20N4O. The molecule has 1 fully saturated rings. The Morgan fingerprint density at radius 3 is 2.81 bits per heavy atom. The van der Waals surface area contributed by atoms with E-state index in [1.807, 2.05) is 11.7 Å². The van der Waals surface area contributed by atoms with E-state index in [0.29, 0.717) is 6.10 Å². The lowest BCUT2D eigenvalue weighted by molar-refractivity contribution is 0.121. The number of aromatic nitrogens is 2. The highest BCUT2D eigenvalue weighted by atomic mass is 16.5. The molecule has 1 saturated heterocycles. The molecule has 16 heavy (non-hydrogen) atoms. The lowest BCUT2D eigenvalue weighted by Gasteiger charge is -2.18. The van der Waals surface area contributed by atoms with Crippen molar-refractivity contribution in [1.29, 1.82) is 0 Å². The van der Waals surface area contributed by atoms with E-state index in [4.69, 9.17) is 10.5 Å². The van der Waals surface area contributed by atoms with Gasteiger partial charge >= 0.3 is 0 Å². The monoisotopic (exact) mass is 224 g/mol. The third kappa shape index (κ3) is 1.75. The van der Waals surface area contributed by atoms with Gasteiger partial charge in [-0.2, -0.15) is 5.10 Å².